The molecule has 5 heteroatoms. The van der Waals surface area contributed by atoms with Gasteiger partial charge < -0.3 is 5.32 Å². The van der Waals surface area contributed by atoms with Crippen LogP contribution in [0.4, 0.5) is 0 Å². The van der Waals surface area contributed by atoms with Crippen LogP contribution in [-0.4, -0.2) is 35.4 Å². The number of likely N-dealkylation sites (tertiary alicyclic amines) is 1. The third-order valence-corrected chi connectivity index (χ3v) is 7.58. The summed E-state index contributed by atoms with van der Waals surface area (Å²) < 4.78 is 0. The molecule has 0 bridgehead atoms. The van der Waals surface area contributed by atoms with Gasteiger partial charge in [0.2, 0.25) is 0 Å². The van der Waals surface area contributed by atoms with Gasteiger partial charge in [-0.1, -0.05) is 12.8 Å². The van der Waals surface area contributed by atoms with Crippen LogP contribution in [0.3, 0.4) is 0 Å². The maximum Gasteiger partial charge on any atom is 0.251 e. The van der Waals surface area contributed by atoms with Gasteiger partial charge in [-0.25, -0.2) is 0 Å². The maximum atomic E-state index is 12.4. The molecule has 4 nitrogen and oxygen atoms in total. The average molecular weight is 398 g/mol. The number of aromatic nitrogens is 1. The highest BCUT2D eigenvalue weighted by Gasteiger charge is 2.22. The lowest BCUT2D eigenvalue weighted by molar-refractivity contribution is 0.0934. The number of amides is 1. The molecule has 28 heavy (non-hydrogen) atoms. The number of hydrogen-bond donors (Lipinski definition) is 1. The highest BCUT2D eigenvalue weighted by atomic mass is 32.1. The zero-order valence-corrected chi connectivity index (χ0v) is 17.6. The van der Waals surface area contributed by atoms with Crippen molar-refractivity contribution in [2.45, 2.75) is 57.9 Å². The standard InChI is InChI=1S/C23H31N3OS/c1-17-14-24-11-8-21(17)23(27)25-15-18-9-12-26(13-10-18)16-20-6-7-22(28-20)19-4-2-3-5-19/h6-8,11,14,18-19H,2-5,9-10,12-13,15-16H2,1H3,(H,25,27). The molecule has 2 aromatic rings. The van der Waals surface area contributed by atoms with Crippen LogP contribution >= 0.6 is 11.3 Å². The first-order chi connectivity index (χ1) is 13.7. The lowest BCUT2D eigenvalue weighted by atomic mass is 9.96. The van der Waals surface area contributed by atoms with E-state index in [4.69, 9.17) is 0 Å². The van der Waals surface area contributed by atoms with E-state index in [9.17, 15) is 4.79 Å². The quantitative estimate of drug-likeness (QED) is 0.765. The van der Waals surface area contributed by atoms with Gasteiger partial charge >= 0.3 is 0 Å². The lowest BCUT2D eigenvalue weighted by Crippen LogP contribution is -2.38. The van der Waals surface area contributed by atoms with Crippen molar-refractivity contribution in [3.63, 3.8) is 0 Å². The van der Waals surface area contributed by atoms with Crippen molar-refractivity contribution in [1.82, 2.24) is 15.2 Å². The largest absolute Gasteiger partial charge is 0.352 e. The fourth-order valence-electron chi connectivity index (χ4n) is 4.54. The Hall–Kier alpha value is -1.72. The van der Waals surface area contributed by atoms with Gasteiger partial charge in [0.05, 0.1) is 0 Å². The minimum absolute atomic E-state index is 0.0281. The van der Waals surface area contributed by atoms with E-state index in [0.29, 0.717) is 5.92 Å². The summed E-state index contributed by atoms with van der Waals surface area (Å²) in [6, 6.07) is 6.52. The van der Waals surface area contributed by atoms with Crippen LogP contribution in [0.5, 0.6) is 0 Å². The molecule has 0 atom stereocenters. The number of rotatable bonds is 6. The van der Waals surface area contributed by atoms with E-state index in [2.05, 4.69) is 27.3 Å². The molecule has 0 spiro atoms. The summed E-state index contributed by atoms with van der Waals surface area (Å²) in [7, 11) is 0. The number of carbonyl (C=O) groups excluding carboxylic acids is 1. The summed E-state index contributed by atoms with van der Waals surface area (Å²) in [6.45, 7) is 6.06. The van der Waals surface area contributed by atoms with E-state index in [1.165, 1.54) is 30.6 Å². The molecule has 0 unspecified atom stereocenters. The molecule has 1 aliphatic carbocycles. The monoisotopic (exact) mass is 397 g/mol. The van der Waals surface area contributed by atoms with Crippen molar-refractivity contribution in [3.05, 3.63) is 51.5 Å². The van der Waals surface area contributed by atoms with Gasteiger partial charge in [-0.3, -0.25) is 14.7 Å². The SMILES string of the molecule is Cc1cnccc1C(=O)NCC1CCN(Cc2ccc(C3CCCC3)s2)CC1. The van der Waals surface area contributed by atoms with E-state index in [1.54, 1.807) is 23.3 Å². The highest BCUT2D eigenvalue weighted by Crippen LogP contribution is 2.38. The first-order valence-corrected chi connectivity index (χ1v) is 11.5. The Kier molecular flexibility index (Phi) is 6.43. The molecule has 2 aromatic heterocycles. The van der Waals surface area contributed by atoms with Crippen LogP contribution in [0.1, 0.15) is 70.1 Å². The van der Waals surface area contributed by atoms with E-state index in [0.717, 1.165) is 56.1 Å². The molecule has 0 aromatic carbocycles. The molecule has 4 rings (SSSR count). The Morgan fingerprint density at radius 2 is 1.96 bits per heavy atom. The Labute approximate surface area is 172 Å². The minimum atomic E-state index is 0.0281. The van der Waals surface area contributed by atoms with Gasteiger partial charge in [0.25, 0.3) is 5.91 Å². The third-order valence-electron chi connectivity index (χ3n) is 6.34. The van der Waals surface area contributed by atoms with E-state index in [-0.39, 0.29) is 5.91 Å². The number of thiophene rings is 1. The molecule has 1 saturated heterocycles. The molecule has 1 aliphatic heterocycles. The van der Waals surface area contributed by atoms with E-state index < -0.39 is 0 Å². The molecular weight excluding hydrogens is 366 g/mol. The second kappa shape index (κ2) is 9.19. The van der Waals surface area contributed by atoms with Crippen molar-refractivity contribution in [2.24, 2.45) is 5.92 Å². The first kappa shape index (κ1) is 19.6. The third kappa shape index (κ3) is 4.81. The maximum absolute atomic E-state index is 12.4. The predicted molar refractivity (Wildman–Crippen MR) is 115 cm³/mol. The Balaban J connectivity index is 1.20. The van der Waals surface area contributed by atoms with Crippen LogP contribution < -0.4 is 5.32 Å². The summed E-state index contributed by atoms with van der Waals surface area (Å²) in [5, 5.41) is 3.13. The second-order valence-corrected chi connectivity index (χ2v) is 9.61. The summed E-state index contributed by atoms with van der Waals surface area (Å²) in [5.74, 6) is 1.44. The Morgan fingerprint density at radius 3 is 2.71 bits per heavy atom. The molecule has 2 aliphatic rings. The molecule has 1 N–H and O–H groups in total. The van der Waals surface area contributed by atoms with Crippen molar-refractivity contribution in [1.29, 1.82) is 0 Å². The van der Waals surface area contributed by atoms with Crippen molar-refractivity contribution < 1.29 is 4.79 Å². The number of aryl methyl sites for hydroxylation is 1. The Bertz CT molecular complexity index is 789. The fourth-order valence-corrected chi connectivity index (χ4v) is 5.76. The second-order valence-electron chi connectivity index (χ2n) is 8.41. The van der Waals surface area contributed by atoms with Gasteiger partial charge in [0.1, 0.15) is 0 Å². The smallest absolute Gasteiger partial charge is 0.251 e. The molecule has 1 amide bonds. The zero-order chi connectivity index (χ0) is 19.3. The summed E-state index contributed by atoms with van der Waals surface area (Å²) in [4.78, 5) is 22.1. The molecule has 0 radical (unpaired) electrons. The summed E-state index contributed by atoms with van der Waals surface area (Å²) in [6.07, 6.45) is 11.3. The topological polar surface area (TPSA) is 45.2 Å². The van der Waals surface area contributed by atoms with E-state index >= 15 is 0 Å². The lowest BCUT2D eigenvalue weighted by Gasteiger charge is -2.31. The summed E-state index contributed by atoms with van der Waals surface area (Å²) >= 11 is 2.03. The van der Waals surface area contributed by atoms with Crippen LogP contribution in [0.15, 0.2) is 30.6 Å². The summed E-state index contributed by atoms with van der Waals surface area (Å²) in [5.41, 5.74) is 1.67. The average Bonchev–Trinajstić information content (AvgIpc) is 3.39. The van der Waals surface area contributed by atoms with Gasteiger partial charge in [-0.2, -0.15) is 0 Å². The molecule has 3 heterocycles. The number of carbonyl (C=O) groups is 1. The van der Waals surface area contributed by atoms with Crippen LogP contribution in [-0.2, 0) is 6.54 Å². The van der Waals surface area contributed by atoms with E-state index in [1.807, 2.05) is 18.3 Å². The first-order valence-electron chi connectivity index (χ1n) is 10.7. The van der Waals surface area contributed by atoms with Gasteiger partial charge in [0.15, 0.2) is 0 Å². The van der Waals surface area contributed by atoms with Gasteiger partial charge in [0, 0.05) is 40.8 Å². The number of nitrogens with one attached hydrogen (secondary N) is 1. The zero-order valence-electron chi connectivity index (χ0n) is 16.8. The normalized spacial score (nSPS) is 19.2. The Morgan fingerprint density at radius 1 is 1.18 bits per heavy atom. The molecule has 1 saturated carbocycles. The fraction of sp³-hybridized carbons (Fsp3) is 0.565. The van der Waals surface area contributed by atoms with Gasteiger partial charge in [-0.05, 0) is 81.3 Å². The predicted octanol–water partition coefficient (Wildman–Crippen LogP) is 4.75. The molecule has 2 fully saturated rings. The van der Waals surface area contributed by atoms with Crippen molar-refractivity contribution in [2.75, 3.05) is 19.6 Å². The van der Waals surface area contributed by atoms with Crippen LogP contribution in [0.25, 0.3) is 0 Å². The minimum Gasteiger partial charge on any atom is -0.352 e. The number of nitrogens with zero attached hydrogens (tertiary/aromatic N) is 2. The molecule has 150 valence electrons. The van der Waals surface area contributed by atoms with Crippen LogP contribution in [0.2, 0.25) is 0 Å². The number of pyridine rings is 1. The number of hydrogen-bond acceptors (Lipinski definition) is 4. The van der Waals surface area contributed by atoms with Crippen LogP contribution in [0, 0.1) is 12.8 Å². The van der Waals surface area contributed by atoms with Crippen molar-refractivity contribution in [3.8, 4) is 0 Å². The van der Waals surface area contributed by atoms with Crippen molar-refractivity contribution >= 4 is 17.2 Å². The number of piperidine rings is 1. The van der Waals surface area contributed by atoms with Gasteiger partial charge in [-0.15, -0.1) is 11.3 Å². The highest BCUT2D eigenvalue weighted by molar-refractivity contribution is 7.12. The molecular formula is C23H31N3OS.